The Hall–Kier alpha value is -0.900. The minimum atomic E-state index is -0.615. The van der Waals surface area contributed by atoms with Gasteiger partial charge in [0.25, 0.3) is 0 Å². The van der Waals surface area contributed by atoms with Crippen molar-refractivity contribution in [3.63, 3.8) is 0 Å². The maximum absolute atomic E-state index is 10.1. The molecule has 3 aliphatic carbocycles. The van der Waals surface area contributed by atoms with Crippen molar-refractivity contribution in [2.75, 3.05) is 0 Å². The smallest absolute Gasteiger partial charge is 0.0811 e. The van der Waals surface area contributed by atoms with E-state index >= 15 is 0 Å². The first-order chi connectivity index (χ1) is 14.0. The van der Waals surface area contributed by atoms with Crippen LogP contribution in [0.3, 0.4) is 0 Å². The van der Waals surface area contributed by atoms with E-state index in [1.165, 1.54) is 38.5 Å². The molecule has 0 aliphatic heterocycles. The van der Waals surface area contributed by atoms with Crippen molar-refractivity contribution in [1.29, 1.82) is 0 Å². The van der Waals surface area contributed by atoms with Crippen LogP contribution in [0.1, 0.15) is 91.9 Å². The molecule has 3 fully saturated rings. The molecule has 30 heavy (non-hydrogen) atoms. The third-order valence-electron chi connectivity index (χ3n) is 8.44. The van der Waals surface area contributed by atoms with Gasteiger partial charge in [-0.1, -0.05) is 51.0 Å². The molecule has 6 atom stereocenters. The summed E-state index contributed by atoms with van der Waals surface area (Å²) in [4.78, 5) is 0. The van der Waals surface area contributed by atoms with Crippen LogP contribution in [0.4, 0.5) is 0 Å². The molecule has 3 nitrogen and oxygen atoms in total. The van der Waals surface area contributed by atoms with Crippen LogP contribution < -0.4 is 0 Å². The Morgan fingerprint density at radius 1 is 1.23 bits per heavy atom. The van der Waals surface area contributed by atoms with Crippen LogP contribution in [0.2, 0.25) is 0 Å². The number of fused-ring (bicyclic) bond motifs is 1. The molecule has 170 valence electrons. The largest absolute Gasteiger partial charge is 0.393 e. The molecule has 0 unspecified atom stereocenters. The third kappa shape index (κ3) is 5.29. The SMILES string of the molecule is C=C1/C(=C\C=C2/CCC[C@@]3(C)[C@@H]2CC[C@@H]3[C@H](C)CCCC(C)(C)O)C[C@@H](O)C[C@H]1O. The van der Waals surface area contributed by atoms with Gasteiger partial charge in [-0.2, -0.15) is 0 Å². The van der Waals surface area contributed by atoms with E-state index in [4.69, 9.17) is 0 Å². The van der Waals surface area contributed by atoms with E-state index < -0.39 is 17.8 Å². The van der Waals surface area contributed by atoms with Crippen molar-refractivity contribution in [2.24, 2.45) is 23.2 Å². The molecule has 0 aromatic heterocycles. The van der Waals surface area contributed by atoms with Gasteiger partial charge in [0.1, 0.15) is 0 Å². The highest BCUT2D eigenvalue weighted by Gasteiger charge is 2.50. The van der Waals surface area contributed by atoms with E-state index in [0.29, 0.717) is 30.1 Å². The second-order valence-corrected chi connectivity index (χ2v) is 11.3. The van der Waals surface area contributed by atoms with E-state index in [2.05, 4.69) is 32.6 Å². The van der Waals surface area contributed by atoms with Gasteiger partial charge in [0.15, 0.2) is 0 Å². The second-order valence-electron chi connectivity index (χ2n) is 11.3. The topological polar surface area (TPSA) is 60.7 Å². The first-order valence-electron chi connectivity index (χ1n) is 12.2. The molecule has 3 rings (SSSR count). The number of hydrogen-bond acceptors (Lipinski definition) is 3. The van der Waals surface area contributed by atoms with Gasteiger partial charge in [-0.05, 0) is 93.1 Å². The molecule has 0 amide bonds. The molecule has 0 aromatic carbocycles. The van der Waals surface area contributed by atoms with Crippen molar-refractivity contribution >= 4 is 0 Å². The van der Waals surface area contributed by atoms with Crippen LogP contribution in [-0.2, 0) is 0 Å². The lowest BCUT2D eigenvalue weighted by molar-refractivity contribution is 0.0596. The van der Waals surface area contributed by atoms with Gasteiger partial charge >= 0.3 is 0 Å². The summed E-state index contributed by atoms with van der Waals surface area (Å²) in [6.07, 6.45) is 13.9. The molecule has 0 bridgehead atoms. The second kappa shape index (κ2) is 9.30. The molecule has 0 spiro atoms. The van der Waals surface area contributed by atoms with Crippen LogP contribution >= 0.6 is 0 Å². The standard InChI is InChI=1S/C27H44O3/c1-18(8-6-14-26(3,4)30)23-12-13-24-20(9-7-15-27(23,24)5)10-11-21-16-22(28)17-25(29)19(21)2/h10-11,18,22-25,28-30H,2,6-9,12-17H2,1,3-5H3/b20-10+,21-11-/t18-,22-,23-,24-,25-,27-/m1/s1. The average molecular weight is 417 g/mol. The van der Waals surface area contributed by atoms with Gasteiger partial charge in [0, 0.05) is 6.42 Å². The van der Waals surface area contributed by atoms with Gasteiger partial charge in [-0.15, -0.1) is 0 Å². The summed E-state index contributed by atoms with van der Waals surface area (Å²) in [5.74, 6) is 2.11. The normalized spacial score (nSPS) is 38.8. The summed E-state index contributed by atoms with van der Waals surface area (Å²) >= 11 is 0. The van der Waals surface area contributed by atoms with Crippen LogP contribution in [0.25, 0.3) is 0 Å². The molecule has 3 saturated carbocycles. The summed E-state index contributed by atoms with van der Waals surface area (Å²) in [7, 11) is 0. The van der Waals surface area contributed by atoms with Crippen molar-refractivity contribution in [3.8, 4) is 0 Å². The third-order valence-corrected chi connectivity index (χ3v) is 8.44. The van der Waals surface area contributed by atoms with Crippen molar-refractivity contribution in [1.82, 2.24) is 0 Å². The predicted octanol–water partition coefficient (Wildman–Crippen LogP) is 5.70. The van der Waals surface area contributed by atoms with Gasteiger partial charge in [-0.3, -0.25) is 0 Å². The zero-order valence-corrected chi connectivity index (χ0v) is 19.7. The Kier molecular flexibility index (Phi) is 7.37. The molecule has 0 heterocycles. The lowest BCUT2D eigenvalue weighted by Gasteiger charge is -2.44. The summed E-state index contributed by atoms with van der Waals surface area (Å²) in [6, 6.07) is 0. The minimum Gasteiger partial charge on any atom is -0.393 e. The Morgan fingerprint density at radius 2 is 1.97 bits per heavy atom. The molecule has 3 heteroatoms. The number of hydrogen-bond donors (Lipinski definition) is 3. The molecular weight excluding hydrogens is 372 g/mol. The molecule has 3 N–H and O–H groups in total. The monoisotopic (exact) mass is 416 g/mol. The molecule has 3 aliphatic rings. The highest BCUT2D eigenvalue weighted by atomic mass is 16.3. The Morgan fingerprint density at radius 3 is 2.67 bits per heavy atom. The van der Waals surface area contributed by atoms with Gasteiger partial charge in [-0.25, -0.2) is 0 Å². The predicted molar refractivity (Wildman–Crippen MR) is 124 cm³/mol. The van der Waals surface area contributed by atoms with E-state index in [1.54, 1.807) is 5.57 Å². The molecular formula is C27H44O3. The number of aliphatic hydroxyl groups excluding tert-OH is 2. The van der Waals surface area contributed by atoms with Crippen LogP contribution in [0.15, 0.2) is 35.5 Å². The number of rotatable bonds is 6. The highest BCUT2D eigenvalue weighted by molar-refractivity contribution is 5.38. The maximum Gasteiger partial charge on any atom is 0.0811 e. The lowest BCUT2D eigenvalue weighted by Crippen LogP contribution is -2.36. The van der Waals surface area contributed by atoms with E-state index in [9.17, 15) is 15.3 Å². The van der Waals surface area contributed by atoms with E-state index in [0.717, 1.165) is 29.9 Å². The van der Waals surface area contributed by atoms with E-state index in [1.807, 2.05) is 13.8 Å². The summed E-state index contributed by atoms with van der Waals surface area (Å²) in [5.41, 5.74) is 3.17. The van der Waals surface area contributed by atoms with Crippen molar-refractivity contribution in [2.45, 2.75) is 110 Å². The summed E-state index contributed by atoms with van der Waals surface area (Å²) in [5, 5.41) is 30.2. The zero-order valence-electron chi connectivity index (χ0n) is 19.7. The van der Waals surface area contributed by atoms with Crippen molar-refractivity contribution in [3.05, 3.63) is 35.5 Å². The zero-order chi connectivity index (χ0) is 22.1. The lowest BCUT2D eigenvalue weighted by atomic mass is 9.60. The Bertz CT molecular complexity index is 683. The highest BCUT2D eigenvalue weighted by Crippen LogP contribution is 2.60. The van der Waals surface area contributed by atoms with Gasteiger partial charge < -0.3 is 15.3 Å². The van der Waals surface area contributed by atoms with Gasteiger partial charge in [0.2, 0.25) is 0 Å². The quantitative estimate of drug-likeness (QED) is 0.520. The minimum absolute atomic E-state index is 0.374. The van der Waals surface area contributed by atoms with Crippen molar-refractivity contribution < 1.29 is 15.3 Å². The van der Waals surface area contributed by atoms with Crippen LogP contribution in [0.5, 0.6) is 0 Å². The number of aliphatic hydroxyl groups is 3. The Labute approximate surface area is 184 Å². The number of allylic oxidation sites excluding steroid dienone is 3. The van der Waals surface area contributed by atoms with Crippen LogP contribution in [0, 0.1) is 23.2 Å². The summed E-state index contributed by atoms with van der Waals surface area (Å²) < 4.78 is 0. The maximum atomic E-state index is 10.1. The average Bonchev–Trinajstić information content (AvgIpc) is 3.00. The molecule has 0 radical (unpaired) electrons. The van der Waals surface area contributed by atoms with E-state index in [-0.39, 0.29) is 0 Å². The first kappa shape index (κ1) is 23.8. The molecule has 0 saturated heterocycles. The molecule has 0 aromatic rings. The fraction of sp³-hybridized carbons (Fsp3) is 0.778. The summed E-state index contributed by atoms with van der Waals surface area (Å²) in [6.45, 7) is 12.8. The fourth-order valence-electron chi connectivity index (χ4n) is 6.74. The van der Waals surface area contributed by atoms with Gasteiger partial charge in [0.05, 0.1) is 17.8 Å². The van der Waals surface area contributed by atoms with Crippen LogP contribution in [-0.4, -0.2) is 33.1 Å². The fourth-order valence-corrected chi connectivity index (χ4v) is 6.74. The first-order valence-corrected chi connectivity index (χ1v) is 12.2. The Balaban J connectivity index is 1.70.